The molecule has 2 aliphatic rings. The SMILES string of the molecule is COc1ccc(N2CCC(O)(CN3CCOC[C@@](O)(COc4ccc(Cl)cc4)C3)CC2)cc1. The number of nitrogens with zero attached hydrogens (tertiary/aromatic N) is 2. The normalized spacial score (nSPS) is 23.7. The molecular weight excluding hydrogens is 444 g/mol. The van der Waals surface area contributed by atoms with E-state index < -0.39 is 11.2 Å². The Bertz CT molecular complexity index is 887. The second-order valence-corrected chi connectivity index (χ2v) is 9.58. The molecule has 2 aromatic rings. The second kappa shape index (κ2) is 10.5. The average molecular weight is 477 g/mol. The van der Waals surface area contributed by atoms with E-state index in [2.05, 4.69) is 21.9 Å². The van der Waals surface area contributed by atoms with Crippen LogP contribution in [0.25, 0.3) is 0 Å². The molecule has 180 valence electrons. The zero-order chi connectivity index (χ0) is 23.3. The Kier molecular flexibility index (Phi) is 7.66. The molecule has 2 aromatic carbocycles. The first-order valence-electron chi connectivity index (χ1n) is 11.4. The highest BCUT2D eigenvalue weighted by Crippen LogP contribution is 2.29. The summed E-state index contributed by atoms with van der Waals surface area (Å²) in [4.78, 5) is 4.39. The van der Waals surface area contributed by atoms with Gasteiger partial charge < -0.3 is 29.3 Å². The van der Waals surface area contributed by atoms with E-state index in [0.29, 0.717) is 49.9 Å². The predicted molar refractivity (Wildman–Crippen MR) is 129 cm³/mol. The molecule has 2 fully saturated rings. The van der Waals surface area contributed by atoms with Crippen LogP contribution in [0.3, 0.4) is 0 Å². The van der Waals surface area contributed by atoms with Gasteiger partial charge in [-0.25, -0.2) is 0 Å². The fourth-order valence-corrected chi connectivity index (χ4v) is 4.64. The van der Waals surface area contributed by atoms with E-state index in [1.165, 1.54) is 0 Å². The Labute approximate surface area is 200 Å². The standard InChI is InChI=1S/C25H33ClN2O5/c1-31-22-8-4-21(5-9-22)28-12-10-24(29,11-13-28)16-27-14-15-32-18-25(30,17-27)19-33-23-6-2-20(26)3-7-23/h2-9,29-30H,10-19H2,1H3/t25-/m1/s1. The first-order valence-corrected chi connectivity index (χ1v) is 11.8. The van der Waals surface area contributed by atoms with Gasteiger partial charge in [-0.1, -0.05) is 11.6 Å². The van der Waals surface area contributed by atoms with Gasteiger partial charge in [0, 0.05) is 43.4 Å². The van der Waals surface area contributed by atoms with Gasteiger partial charge in [0.25, 0.3) is 0 Å². The molecule has 0 aliphatic carbocycles. The van der Waals surface area contributed by atoms with Crippen molar-refractivity contribution in [2.45, 2.75) is 24.0 Å². The number of aliphatic hydroxyl groups is 2. The number of methoxy groups -OCH3 is 1. The lowest BCUT2D eigenvalue weighted by molar-refractivity contribution is -0.0742. The third-order valence-electron chi connectivity index (χ3n) is 6.41. The maximum atomic E-state index is 11.3. The zero-order valence-corrected chi connectivity index (χ0v) is 19.8. The molecule has 1 atom stereocenters. The molecule has 0 radical (unpaired) electrons. The quantitative estimate of drug-likeness (QED) is 0.636. The topological polar surface area (TPSA) is 74.6 Å². The van der Waals surface area contributed by atoms with Crippen LogP contribution in [0.15, 0.2) is 48.5 Å². The van der Waals surface area contributed by atoms with Gasteiger partial charge in [-0.05, 0) is 61.4 Å². The maximum absolute atomic E-state index is 11.3. The third kappa shape index (κ3) is 6.52. The van der Waals surface area contributed by atoms with Crippen molar-refractivity contribution in [2.24, 2.45) is 0 Å². The van der Waals surface area contributed by atoms with Crippen molar-refractivity contribution in [1.29, 1.82) is 0 Å². The Balaban J connectivity index is 1.31. The van der Waals surface area contributed by atoms with Crippen molar-refractivity contribution >= 4 is 17.3 Å². The Morgan fingerprint density at radius 2 is 1.61 bits per heavy atom. The van der Waals surface area contributed by atoms with Crippen molar-refractivity contribution in [3.8, 4) is 11.5 Å². The minimum absolute atomic E-state index is 0.106. The van der Waals surface area contributed by atoms with Crippen molar-refractivity contribution < 1.29 is 24.4 Å². The van der Waals surface area contributed by atoms with E-state index in [1.54, 1.807) is 31.4 Å². The van der Waals surface area contributed by atoms with E-state index in [4.69, 9.17) is 25.8 Å². The van der Waals surface area contributed by atoms with E-state index in [1.807, 2.05) is 12.1 Å². The van der Waals surface area contributed by atoms with Gasteiger partial charge in [-0.3, -0.25) is 4.90 Å². The number of halogens is 1. The van der Waals surface area contributed by atoms with Gasteiger partial charge in [0.2, 0.25) is 0 Å². The number of hydrogen-bond donors (Lipinski definition) is 2. The number of anilines is 1. The maximum Gasteiger partial charge on any atom is 0.134 e. The largest absolute Gasteiger partial charge is 0.497 e. The number of ether oxygens (including phenoxy) is 3. The Hall–Kier alpha value is -2.03. The van der Waals surface area contributed by atoms with E-state index in [-0.39, 0.29) is 13.2 Å². The molecule has 0 spiro atoms. The van der Waals surface area contributed by atoms with Gasteiger partial charge in [-0.15, -0.1) is 0 Å². The van der Waals surface area contributed by atoms with Gasteiger partial charge in [0.15, 0.2) is 0 Å². The van der Waals surface area contributed by atoms with Crippen molar-refractivity contribution in [3.63, 3.8) is 0 Å². The molecule has 0 unspecified atom stereocenters. The minimum atomic E-state index is -1.16. The molecule has 33 heavy (non-hydrogen) atoms. The highest BCUT2D eigenvalue weighted by molar-refractivity contribution is 6.30. The van der Waals surface area contributed by atoms with Crippen LogP contribution < -0.4 is 14.4 Å². The van der Waals surface area contributed by atoms with Crippen LogP contribution in [-0.4, -0.2) is 86.0 Å². The first kappa shape index (κ1) is 24.1. The van der Waals surface area contributed by atoms with Crippen LogP contribution >= 0.6 is 11.6 Å². The van der Waals surface area contributed by atoms with Crippen LogP contribution in [0.4, 0.5) is 5.69 Å². The lowest BCUT2D eigenvalue weighted by Gasteiger charge is -2.42. The van der Waals surface area contributed by atoms with Crippen LogP contribution in [0.2, 0.25) is 5.02 Å². The summed E-state index contributed by atoms with van der Waals surface area (Å²) in [6.07, 6.45) is 1.33. The van der Waals surface area contributed by atoms with E-state index >= 15 is 0 Å². The summed E-state index contributed by atoms with van der Waals surface area (Å²) in [5.74, 6) is 1.48. The highest BCUT2D eigenvalue weighted by Gasteiger charge is 2.39. The van der Waals surface area contributed by atoms with Crippen LogP contribution in [0.1, 0.15) is 12.8 Å². The molecule has 0 aromatic heterocycles. The summed E-state index contributed by atoms with van der Waals surface area (Å²) >= 11 is 5.93. The summed E-state index contributed by atoms with van der Waals surface area (Å²) in [5, 5.41) is 23.1. The predicted octanol–water partition coefficient (Wildman–Crippen LogP) is 2.82. The Morgan fingerprint density at radius 1 is 0.939 bits per heavy atom. The van der Waals surface area contributed by atoms with Gasteiger partial charge in [-0.2, -0.15) is 0 Å². The van der Waals surface area contributed by atoms with Gasteiger partial charge in [0.1, 0.15) is 23.7 Å². The van der Waals surface area contributed by atoms with Crippen LogP contribution in [0, 0.1) is 0 Å². The molecule has 8 heteroatoms. The summed E-state index contributed by atoms with van der Waals surface area (Å²) in [5.41, 5.74) is -0.823. The van der Waals surface area contributed by atoms with E-state index in [9.17, 15) is 10.2 Å². The van der Waals surface area contributed by atoms with Crippen molar-refractivity contribution in [1.82, 2.24) is 4.90 Å². The molecule has 0 saturated carbocycles. The zero-order valence-electron chi connectivity index (χ0n) is 19.1. The molecule has 0 bridgehead atoms. The lowest BCUT2D eigenvalue weighted by atomic mass is 9.90. The highest BCUT2D eigenvalue weighted by atomic mass is 35.5. The minimum Gasteiger partial charge on any atom is -0.497 e. The number of piperidine rings is 1. The number of hydrogen-bond acceptors (Lipinski definition) is 7. The second-order valence-electron chi connectivity index (χ2n) is 9.14. The number of β-amino-alcohol motifs (C(OH)–C–C–N with tert-alkyl or cyclic N) is 2. The molecule has 2 aliphatic heterocycles. The first-order chi connectivity index (χ1) is 15.9. The van der Waals surface area contributed by atoms with Gasteiger partial charge in [0.05, 0.1) is 25.9 Å². The molecule has 0 amide bonds. The average Bonchev–Trinajstić information content (AvgIpc) is 3.00. The molecule has 4 rings (SSSR count). The molecular formula is C25H33ClN2O5. The Morgan fingerprint density at radius 3 is 2.27 bits per heavy atom. The number of benzene rings is 2. The monoisotopic (exact) mass is 476 g/mol. The lowest BCUT2D eigenvalue weighted by Crippen LogP contribution is -2.55. The third-order valence-corrected chi connectivity index (χ3v) is 6.66. The van der Waals surface area contributed by atoms with Crippen molar-refractivity contribution in [3.05, 3.63) is 53.6 Å². The summed E-state index contributed by atoms with van der Waals surface area (Å²) < 4.78 is 16.7. The summed E-state index contributed by atoms with van der Waals surface area (Å²) in [6, 6.07) is 15.1. The molecule has 2 heterocycles. The molecule has 2 N–H and O–H groups in total. The van der Waals surface area contributed by atoms with Gasteiger partial charge >= 0.3 is 0 Å². The molecule has 2 saturated heterocycles. The van der Waals surface area contributed by atoms with Crippen molar-refractivity contribution in [2.75, 3.05) is 64.6 Å². The summed E-state index contributed by atoms with van der Waals surface area (Å²) in [6.45, 7) is 3.90. The van der Waals surface area contributed by atoms with Crippen LogP contribution in [0.5, 0.6) is 11.5 Å². The van der Waals surface area contributed by atoms with Crippen LogP contribution in [-0.2, 0) is 4.74 Å². The van der Waals surface area contributed by atoms with E-state index in [0.717, 1.165) is 24.5 Å². The number of rotatable bonds is 7. The fraction of sp³-hybridized carbons (Fsp3) is 0.520. The smallest absolute Gasteiger partial charge is 0.134 e. The molecule has 7 nitrogen and oxygen atoms in total. The summed E-state index contributed by atoms with van der Waals surface area (Å²) in [7, 11) is 1.66. The fourth-order valence-electron chi connectivity index (χ4n) is 4.52.